The number of aryl methyl sites for hydroxylation is 2. The molecule has 0 unspecified atom stereocenters. The van der Waals surface area contributed by atoms with E-state index in [1.165, 1.54) is 17.4 Å². The van der Waals surface area contributed by atoms with E-state index in [1.54, 1.807) is 6.92 Å². The van der Waals surface area contributed by atoms with Crippen LogP contribution in [0.25, 0.3) is 0 Å². The summed E-state index contributed by atoms with van der Waals surface area (Å²) in [4.78, 5) is 12.2. The Morgan fingerprint density at radius 1 is 1.42 bits per heavy atom. The van der Waals surface area contributed by atoms with E-state index in [0.29, 0.717) is 11.3 Å². The smallest absolute Gasteiger partial charge is 0.256 e. The summed E-state index contributed by atoms with van der Waals surface area (Å²) in [6, 6.07) is 8.39. The van der Waals surface area contributed by atoms with Crippen molar-refractivity contribution in [3.05, 3.63) is 52.9 Å². The number of carbonyl (C=O) groups excluding carboxylic acids is 1. The van der Waals surface area contributed by atoms with E-state index in [-0.39, 0.29) is 11.9 Å². The van der Waals surface area contributed by atoms with Crippen LogP contribution in [-0.2, 0) is 6.42 Å². The molecule has 1 heterocycles. The zero-order valence-corrected chi connectivity index (χ0v) is 10.8. The van der Waals surface area contributed by atoms with Gasteiger partial charge in [0.2, 0.25) is 0 Å². The Hall–Kier alpha value is -2.10. The first-order valence-corrected chi connectivity index (χ1v) is 6.55. The molecule has 0 saturated carbocycles. The molecule has 0 bridgehead atoms. The first-order valence-electron chi connectivity index (χ1n) is 6.55. The van der Waals surface area contributed by atoms with Gasteiger partial charge < -0.3 is 9.84 Å². The zero-order valence-electron chi connectivity index (χ0n) is 10.8. The summed E-state index contributed by atoms with van der Waals surface area (Å²) in [6.45, 7) is 1.77. The highest BCUT2D eigenvalue weighted by molar-refractivity contribution is 5.95. The Labute approximate surface area is 111 Å². The van der Waals surface area contributed by atoms with Crippen LogP contribution >= 0.6 is 0 Å². The molecule has 0 fully saturated rings. The minimum absolute atomic E-state index is 0.0896. The van der Waals surface area contributed by atoms with Gasteiger partial charge in [-0.1, -0.05) is 29.4 Å². The van der Waals surface area contributed by atoms with Crippen molar-refractivity contribution in [1.29, 1.82) is 0 Å². The van der Waals surface area contributed by atoms with Gasteiger partial charge in [0.25, 0.3) is 5.91 Å². The molecule has 2 aromatic rings. The molecule has 1 amide bonds. The molecule has 1 aromatic heterocycles. The Kier molecular flexibility index (Phi) is 3.07. The molecule has 3 rings (SSSR count). The summed E-state index contributed by atoms with van der Waals surface area (Å²) >= 11 is 0. The third kappa shape index (κ3) is 2.26. The molecule has 0 radical (unpaired) electrons. The molecule has 4 nitrogen and oxygen atoms in total. The number of aromatic nitrogens is 1. The van der Waals surface area contributed by atoms with Gasteiger partial charge in [0.15, 0.2) is 0 Å². The molecule has 1 N–H and O–H groups in total. The highest BCUT2D eigenvalue weighted by Crippen LogP contribution is 2.29. The number of carbonyl (C=O) groups is 1. The molecular weight excluding hydrogens is 240 g/mol. The second-order valence-electron chi connectivity index (χ2n) is 4.93. The highest BCUT2D eigenvalue weighted by Gasteiger charge is 2.23. The van der Waals surface area contributed by atoms with E-state index < -0.39 is 0 Å². The van der Waals surface area contributed by atoms with Crippen molar-refractivity contribution in [2.45, 2.75) is 32.2 Å². The van der Waals surface area contributed by atoms with Crippen LogP contribution in [0.4, 0.5) is 0 Å². The molecule has 0 spiro atoms. The van der Waals surface area contributed by atoms with Gasteiger partial charge in [0, 0.05) is 0 Å². The highest BCUT2D eigenvalue weighted by atomic mass is 16.5. The van der Waals surface area contributed by atoms with Crippen molar-refractivity contribution in [2.24, 2.45) is 0 Å². The Morgan fingerprint density at radius 2 is 2.26 bits per heavy atom. The van der Waals surface area contributed by atoms with Crippen LogP contribution in [0.1, 0.15) is 46.1 Å². The van der Waals surface area contributed by atoms with Crippen molar-refractivity contribution in [3.63, 3.8) is 0 Å². The van der Waals surface area contributed by atoms with Crippen LogP contribution in [-0.4, -0.2) is 11.1 Å². The Morgan fingerprint density at radius 3 is 3.05 bits per heavy atom. The minimum Gasteiger partial charge on any atom is -0.364 e. The minimum atomic E-state index is -0.111. The third-order valence-electron chi connectivity index (χ3n) is 3.67. The van der Waals surface area contributed by atoms with Crippen molar-refractivity contribution in [3.8, 4) is 0 Å². The second kappa shape index (κ2) is 4.88. The zero-order chi connectivity index (χ0) is 13.2. The maximum atomic E-state index is 12.2. The fraction of sp³-hybridized carbons (Fsp3) is 0.333. The van der Waals surface area contributed by atoms with Crippen molar-refractivity contribution < 1.29 is 9.32 Å². The van der Waals surface area contributed by atoms with Crippen LogP contribution in [0.3, 0.4) is 0 Å². The summed E-state index contributed by atoms with van der Waals surface area (Å²) < 4.78 is 4.81. The lowest BCUT2D eigenvalue weighted by Crippen LogP contribution is -2.31. The van der Waals surface area contributed by atoms with Crippen LogP contribution in [0, 0.1) is 6.92 Å². The number of amides is 1. The number of rotatable bonds is 2. The maximum absolute atomic E-state index is 12.2. The van der Waals surface area contributed by atoms with Crippen molar-refractivity contribution >= 4 is 5.91 Å². The fourth-order valence-electron chi connectivity index (χ4n) is 2.65. The first-order chi connectivity index (χ1) is 9.25. The van der Waals surface area contributed by atoms with Gasteiger partial charge >= 0.3 is 0 Å². The van der Waals surface area contributed by atoms with E-state index in [4.69, 9.17) is 4.52 Å². The monoisotopic (exact) mass is 256 g/mol. The first kappa shape index (κ1) is 12.0. The quantitative estimate of drug-likeness (QED) is 0.898. The van der Waals surface area contributed by atoms with E-state index in [0.717, 1.165) is 19.3 Å². The number of nitrogens with zero attached hydrogens (tertiary/aromatic N) is 1. The van der Waals surface area contributed by atoms with Crippen LogP contribution < -0.4 is 5.32 Å². The second-order valence-corrected chi connectivity index (χ2v) is 4.93. The predicted molar refractivity (Wildman–Crippen MR) is 70.8 cm³/mol. The van der Waals surface area contributed by atoms with Gasteiger partial charge in [0.1, 0.15) is 11.8 Å². The molecule has 19 heavy (non-hydrogen) atoms. The van der Waals surface area contributed by atoms with Gasteiger partial charge in [-0.2, -0.15) is 0 Å². The average Bonchev–Trinajstić information content (AvgIpc) is 2.85. The van der Waals surface area contributed by atoms with Gasteiger partial charge in [0.05, 0.1) is 11.7 Å². The average molecular weight is 256 g/mol. The number of fused-ring (bicyclic) bond motifs is 1. The lowest BCUT2D eigenvalue weighted by atomic mass is 9.87. The molecular formula is C15H16N2O2. The van der Waals surface area contributed by atoms with Gasteiger partial charge in [-0.3, -0.25) is 4.79 Å². The lowest BCUT2D eigenvalue weighted by molar-refractivity contribution is 0.0931. The summed E-state index contributed by atoms with van der Waals surface area (Å²) in [6.07, 6.45) is 4.58. The molecule has 1 atom stereocenters. The Bertz CT molecular complexity index is 604. The van der Waals surface area contributed by atoms with E-state index in [1.807, 2.05) is 12.1 Å². The van der Waals surface area contributed by atoms with Gasteiger partial charge in [-0.15, -0.1) is 0 Å². The standard InChI is InChI=1S/C15H16N2O2/c1-10-13(9-19-17-10)15(18)16-14-8-4-6-11-5-2-3-7-12(11)14/h2-3,5,7,9,14H,4,6,8H2,1H3,(H,16,18)/t14-/m1/s1. The molecule has 1 aliphatic carbocycles. The SMILES string of the molecule is Cc1nocc1C(=O)N[C@@H]1CCCc2ccccc21. The molecule has 1 aromatic carbocycles. The topological polar surface area (TPSA) is 55.1 Å². The molecule has 0 aliphatic heterocycles. The summed E-state index contributed by atoms with van der Waals surface area (Å²) in [7, 11) is 0. The maximum Gasteiger partial charge on any atom is 0.256 e. The summed E-state index contributed by atoms with van der Waals surface area (Å²) in [5.74, 6) is -0.111. The molecule has 1 aliphatic rings. The van der Waals surface area contributed by atoms with Crippen LogP contribution in [0.15, 0.2) is 35.1 Å². The van der Waals surface area contributed by atoms with E-state index in [2.05, 4.69) is 22.6 Å². The summed E-state index contributed by atoms with van der Waals surface area (Å²) in [5.41, 5.74) is 3.71. The van der Waals surface area contributed by atoms with Crippen molar-refractivity contribution in [2.75, 3.05) is 0 Å². The van der Waals surface area contributed by atoms with Gasteiger partial charge in [-0.25, -0.2) is 0 Å². The summed E-state index contributed by atoms with van der Waals surface area (Å²) in [5, 5.41) is 6.82. The van der Waals surface area contributed by atoms with E-state index in [9.17, 15) is 4.79 Å². The normalized spacial score (nSPS) is 17.8. The lowest BCUT2D eigenvalue weighted by Gasteiger charge is -2.26. The van der Waals surface area contributed by atoms with Crippen molar-refractivity contribution in [1.82, 2.24) is 10.5 Å². The number of hydrogen-bond donors (Lipinski definition) is 1. The number of benzene rings is 1. The predicted octanol–water partition coefficient (Wildman–Crippen LogP) is 2.79. The Balaban J connectivity index is 1.82. The van der Waals surface area contributed by atoms with E-state index >= 15 is 0 Å². The fourth-order valence-corrected chi connectivity index (χ4v) is 2.65. The number of hydrogen-bond acceptors (Lipinski definition) is 3. The molecule has 98 valence electrons. The van der Waals surface area contributed by atoms with Gasteiger partial charge in [-0.05, 0) is 37.3 Å². The van der Waals surface area contributed by atoms with Crippen LogP contribution in [0.2, 0.25) is 0 Å². The molecule has 0 saturated heterocycles. The third-order valence-corrected chi connectivity index (χ3v) is 3.67. The largest absolute Gasteiger partial charge is 0.364 e. The molecule has 4 heteroatoms. The van der Waals surface area contributed by atoms with Crippen LogP contribution in [0.5, 0.6) is 0 Å². The number of nitrogens with one attached hydrogen (secondary N) is 1.